The number of hydrogen-bond donors (Lipinski definition) is 1. The van der Waals surface area contributed by atoms with Crippen LogP contribution in [0.15, 0.2) is 29.8 Å². The molecule has 1 aromatic rings. The number of hydrogen-bond acceptors (Lipinski definition) is 1. The highest BCUT2D eigenvalue weighted by Crippen LogP contribution is 2.18. The van der Waals surface area contributed by atoms with Gasteiger partial charge in [-0.2, -0.15) is 0 Å². The lowest BCUT2D eigenvalue weighted by Gasteiger charge is -2.04. The summed E-state index contributed by atoms with van der Waals surface area (Å²) in [4.78, 5) is 0. The van der Waals surface area contributed by atoms with Crippen molar-refractivity contribution in [2.24, 2.45) is 0 Å². The van der Waals surface area contributed by atoms with Gasteiger partial charge in [-0.3, -0.25) is 0 Å². The zero-order valence-electron chi connectivity index (χ0n) is 11.1. The van der Waals surface area contributed by atoms with E-state index in [4.69, 9.17) is 11.6 Å². The quantitative estimate of drug-likeness (QED) is 0.573. The molecule has 0 aromatic heterocycles. The molecule has 0 amide bonds. The van der Waals surface area contributed by atoms with Crippen LogP contribution in [0.1, 0.15) is 32.3 Å². The maximum atomic E-state index is 13.0. The topological polar surface area (TPSA) is 12.0 Å². The van der Waals surface area contributed by atoms with Crippen molar-refractivity contribution in [3.05, 3.63) is 46.3 Å². The number of rotatable bonds is 7. The van der Waals surface area contributed by atoms with E-state index in [2.05, 4.69) is 25.2 Å². The summed E-state index contributed by atoms with van der Waals surface area (Å²) in [6.07, 6.45) is 5.24. The first-order chi connectivity index (χ1) is 8.63. The fourth-order valence-corrected chi connectivity index (χ4v) is 1.97. The van der Waals surface area contributed by atoms with E-state index >= 15 is 0 Å². The molecule has 0 aliphatic rings. The summed E-state index contributed by atoms with van der Waals surface area (Å²) in [6, 6.07) is 4.91. The molecule has 1 N–H and O–H groups in total. The van der Waals surface area contributed by atoms with Crippen LogP contribution in [-0.4, -0.2) is 13.1 Å². The van der Waals surface area contributed by atoms with Crippen molar-refractivity contribution in [3.8, 4) is 0 Å². The molecule has 0 saturated heterocycles. The van der Waals surface area contributed by atoms with Crippen molar-refractivity contribution in [2.75, 3.05) is 13.1 Å². The largest absolute Gasteiger partial charge is 0.316 e. The first-order valence-electron chi connectivity index (χ1n) is 6.43. The SMILES string of the molecule is CCCNCC/C=C(/C)Cc1ccc(F)c(Cl)c1. The summed E-state index contributed by atoms with van der Waals surface area (Å²) < 4.78 is 13.0. The maximum absolute atomic E-state index is 13.0. The van der Waals surface area contributed by atoms with Gasteiger partial charge in [-0.25, -0.2) is 4.39 Å². The third-order valence-corrected chi connectivity index (χ3v) is 3.00. The molecular weight excluding hydrogens is 249 g/mol. The smallest absolute Gasteiger partial charge is 0.141 e. The predicted molar refractivity (Wildman–Crippen MR) is 76.6 cm³/mol. The Morgan fingerprint density at radius 3 is 2.83 bits per heavy atom. The Kier molecular flexibility index (Phi) is 6.99. The van der Waals surface area contributed by atoms with Crippen LogP contribution in [-0.2, 0) is 6.42 Å². The number of allylic oxidation sites excluding steroid dienone is 1. The van der Waals surface area contributed by atoms with E-state index < -0.39 is 0 Å². The highest BCUT2D eigenvalue weighted by Gasteiger charge is 2.01. The molecule has 0 aliphatic carbocycles. The van der Waals surface area contributed by atoms with Gasteiger partial charge in [0.1, 0.15) is 5.82 Å². The third kappa shape index (κ3) is 5.65. The van der Waals surface area contributed by atoms with Gasteiger partial charge < -0.3 is 5.32 Å². The highest BCUT2D eigenvalue weighted by molar-refractivity contribution is 6.30. The van der Waals surface area contributed by atoms with Gasteiger partial charge >= 0.3 is 0 Å². The standard InChI is InChI=1S/C15H21ClFN/c1-3-8-18-9-4-5-12(2)10-13-6-7-15(17)14(16)11-13/h5-7,11,18H,3-4,8-10H2,1-2H3/b12-5-. The van der Waals surface area contributed by atoms with Crippen molar-refractivity contribution in [1.82, 2.24) is 5.32 Å². The lowest BCUT2D eigenvalue weighted by atomic mass is 10.1. The van der Waals surface area contributed by atoms with Crippen LogP contribution in [0.4, 0.5) is 4.39 Å². The molecule has 0 bridgehead atoms. The maximum Gasteiger partial charge on any atom is 0.141 e. The lowest BCUT2D eigenvalue weighted by molar-refractivity contribution is 0.627. The van der Waals surface area contributed by atoms with Crippen LogP contribution in [0, 0.1) is 5.82 Å². The zero-order valence-corrected chi connectivity index (χ0v) is 11.9. The Balaban J connectivity index is 2.40. The fraction of sp³-hybridized carbons (Fsp3) is 0.467. The van der Waals surface area contributed by atoms with Gasteiger partial charge in [0.15, 0.2) is 0 Å². The van der Waals surface area contributed by atoms with Gasteiger partial charge in [0.25, 0.3) is 0 Å². The van der Waals surface area contributed by atoms with Crippen LogP contribution >= 0.6 is 11.6 Å². The molecule has 1 nitrogen and oxygen atoms in total. The van der Waals surface area contributed by atoms with Gasteiger partial charge in [0.2, 0.25) is 0 Å². The van der Waals surface area contributed by atoms with E-state index in [1.807, 2.05) is 0 Å². The molecule has 0 heterocycles. The van der Waals surface area contributed by atoms with Crippen molar-refractivity contribution in [1.29, 1.82) is 0 Å². The Hall–Kier alpha value is -0.860. The van der Waals surface area contributed by atoms with Crippen molar-refractivity contribution < 1.29 is 4.39 Å². The normalized spacial score (nSPS) is 11.9. The van der Waals surface area contributed by atoms with E-state index in [0.29, 0.717) is 0 Å². The number of nitrogens with one attached hydrogen (secondary N) is 1. The second-order valence-electron chi connectivity index (χ2n) is 4.51. The summed E-state index contributed by atoms with van der Waals surface area (Å²) in [5.74, 6) is -0.356. The summed E-state index contributed by atoms with van der Waals surface area (Å²) in [6.45, 7) is 6.33. The first-order valence-corrected chi connectivity index (χ1v) is 6.81. The highest BCUT2D eigenvalue weighted by atomic mass is 35.5. The van der Waals surface area contributed by atoms with Crippen molar-refractivity contribution in [3.63, 3.8) is 0 Å². The third-order valence-electron chi connectivity index (χ3n) is 2.71. The monoisotopic (exact) mass is 269 g/mol. The van der Waals surface area contributed by atoms with Crippen molar-refractivity contribution >= 4 is 11.6 Å². The van der Waals surface area contributed by atoms with Gasteiger partial charge in [0.05, 0.1) is 5.02 Å². The van der Waals surface area contributed by atoms with E-state index in [9.17, 15) is 4.39 Å². The minimum atomic E-state index is -0.356. The van der Waals surface area contributed by atoms with Crippen LogP contribution in [0.3, 0.4) is 0 Å². The van der Waals surface area contributed by atoms with Crippen LogP contribution in [0.2, 0.25) is 5.02 Å². The summed E-state index contributed by atoms with van der Waals surface area (Å²) in [7, 11) is 0. The lowest BCUT2D eigenvalue weighted by Crippen LogP contribution is -2.15. The van der Waals surface area contributed by atoms with E-state index in [-0.39, 0.29) is 10.8 Å². The van der Waals surface area contributed by atoms with E-state index in [1.54, 1.807) is 12.1 Å². The second kappa shape index (κ2) is 8.28. The first kappa shape index (κ1) is 15.2. The molecule has 0 aliphatic heterocycles. The predicted octanol–water partition coefficient (Wildman–Crippen LogP) is 4.36. The average molecular weight is 270 g/mol. The van der Waals surface area contributed by atoms with Gasteiger partial charge in [-0.15, -0.1) is 0 Å². The molecule has 0 fully saturated rings. The van der Waals surface area contributed by atoms with Crippen molar-refractivity contribution in [2.45, 2.75) is 33.1 Å². The summed E-state index contributed by atoms with van der Waals surface area (Å²) in [5, 5.41) is 3.55. The minimum Gasteiger partial charge on any atom is -0.316 e. The second-order valence-corrected chi connectivity index (χ2v) is 4.92. The molecule has 0 spiro atoms. The number of halogens is 2. The number of benzene rings is 1. The molecule has 0 unspecified atom stereocenters. The minimum absolute atomic E-state index is 0.199. The Morgan fingerprint density at radius 2 is 2.17 bits per heavy atom. The van der Waals surface area contributed by atoms with Gasteiger partial charge in [-0.05, 0) is 57.0 Å². The van der Waals surface area contributed by atoms with Crippen LogP contribution < -0.4 is 5.32 Å². The Bertz CT molecular complexity index is 401. The van der Waals surface area contributed by atoms with E-state index in [1.165, 1.54) is 11.6 Å². The molecule has 0 radical (unpaired) electrons. The Labute approximate surface area is 114 Å². The van der Waals surface area contributed by atoms with E-state index in [0.717, 1.165) is 37.9 Å². The Morgan fingerprint density at radius 1 is 1.39 bits per heavy atom. The zero-order chi connectivity index (χ0) is 13.4. The molecule has 0 saturated carbocycles. The molecule has 100 valence electrons. The average Bonchev–Trinajstić information content (AvgIpc) is 2.34. The molecule has 3 heteroatoms. The fourth-order valence-electron chi connectivity index (χ4n) is 1.77. The summed E-state index contributed by atoms with van der Waals surface area (Å²) in [5.41, 5.74) is 2.34. The van der Waals surface area contributed by atoms with Gasteiger partial charge in [0, 0.05) is 0 Å². The van der Waals surface area contributed by atoms with Gasteiger partial charge in [-0.1, -0.05) is 36.2 Å². The molecular formula is C15H21ClFN. The molecule has 1 aromatic carbocycles. The van der Waals surface area contributed by atoms with Crippen LogP contribution in [0.25, 0.3) is 0 Å². The summed E-state index contributed by atoms with van der Waals surface area (Å²) >= 11 is 5.75. The molecule has 0 atom stereocenters. The molecule has 18 heavy (non-hydrogen) atoms. The van der Waals surface area contributed by atoms with Crippen LogP contribution in [0.5, 0.6) is 0 Å². The molecule has 1 rings (SSSR count).